The van der Waals surface area contributed by atoms with Gasteiger partial charge in [-0.3, -0.25) is 0 Å². The van der Waals surface area contributed by atoms with Gasteiger partial charge in [0.15, 0.2) is 17.2 Å². The summed E-state index contributed by atoms with van der Waals surface area (Å²) in [5.74, 6) is 0.712. The predicted molar refractivity (Wildman–Crippen MR) is 76.0 cm³/mol. The lowest BCUT2D eigenvalue weighted by Gasteiger charge is -2.03. The Kier molecular flexibility index (Phi) is 3.33. The average molecular weight is 271 g/mol. The number of halogens is 1. The average Bonchev–Trinajstić information content (AvgIpc) is 2.91. The SMILES string of the molecule is CCCNc1nccc(-c2cc3cccc(F)c3o2)n1. The Balaban J connectivity index is 2.00. The summed E-state index contributed by atoms with van der Waals surface area (Å²) in [5, 5.41) is 3.84. The van der Waals surface area contributed by atoms with Gasteiger partial charge in [0.1, 0.15) is 5.69 Å². The first kappa shape index (κ1) is 12.6. The third kappa shape index (κ3) is 2.34. The van der Waals surface area contributed by atoms with Crippen LogP contribution in [0.1, 0.15) is 13.3 Å². The topological polar surface area (TPSA) is 51.0 Å². The number of furan rings is 1. The molecule has 0 amide bonds. The molecule has 0 aliphatic carbocycles. The molecule has 0 saturated heterocycles. The van der Waals surface area contributed by atoms with Crippen molar-refractivity contribution in [2.75, 3.05) is 11.9 Å². The van der Waals surface area contributed by atoms with Crippen molar-refractivity contribution in [1.29, 1.82) is 0 Å². The molecule has 0 unspecified atom stereocenters. The van der Waals surface area contributed by atoms with Gasteiger partial charge in [-0.1, -0.05) is 19.1 Å². The third-order valence-corrected chi connectivity index (χ3v) is 2.94. The molecule has 0 atom stereocenters. The second-order valence-corrected chi connectivity index (χ2v) is 4.46. The zero-order valence-corrected chi connectivity index (χ0v) is 11.1. The van der Waals surface area contributed by atoms with Crippen LogP contribution < -0.4 is 5.32 Å². The smallest absolute Gasteiger partial charge is 0.223 e. The van der Waals surface area contributed by atoms with E-state index >= 15 is 0 Å². The van der Waals surface area contributed by atoms with Gasteiger partial charge in [0.05, 0.1) is 0 Å². The summed E-state index contributed by atoms with van der Waals surface area (Å²) in [6, 6.07) is 8.37. The first-order valence-corrected chi connectivity index (χ1v) is 6.53. The van der Waals surface area contributed by atoms with Gasteiger partial charge in [-0.15, -0.1) is 0 Å². The van der Waals surface area contributed by atoms with Crippen molar-refractivity contribution in [3.8, 4) is 11.5 Å². The lowest BCUT2D eigenvalue weighted by molar-refractivity contribution is 0.567. The van der Waals surface area contributed by atoms with Crippen LogP contribution in [0.3, 0.4) is 0 Å². The molecule has 0 fully saturated rings. The van der Waals surface area contributed by atoms with Crippen molar-refractivity contribution in [1.82, 2.24) is 9.97 Å². The van der Waals surface area contributed by atoms with Crippen molar-refractivity contribution in [3.05, 3.63) is 42.3 Å². The summed E-state index contributed by atoms with van der Waals surface area (Å²) in [7, 11) is 0. The highest BCUT2D eigenvalue weighted by Gasteiger charge is 2.11. The first-order chi connectivity index (χ1) is 9.78. The summed E-state index contributed by atoms with van der Waals surface area (Å²) >= 11 is 0. The maximum atomic E-state index is 13.6. The van der Waals surface area contributed by atoms with E-state index in [1.165, 1.54) is 6.07 Å². The van der Waals surface area contributed by atoms with E-state index in [0.717, 1.165) is 18.4 Å². The van der Waals surface area contributed by atoms with E-state index in [0.29, 0.717) is 17.4 Å². The molecule has 0 saturated carbocycles. The largest absolute Gasteiger partial charge is 0.451 e. The van der Waals surface area contributed by atoms with Gasteiger partial charge in [-0.25, -0.2) is 14.4 Å². The zero-order chi connectivity index (χ0) is 13.9. The summed E-state index contributed by atoms with van der Waals surface area (Å²) in [6.07, 6.45) is 2.65. The molecule has 3 aromatic rings. The number of benzene rings is 1. The van der Waals surface area contributed by atoms with Gasteiger partial charge in [-0.2, -0.15) is 0 Å². The summed E-state index contributed by atoms with van der Waals surface area (Å²) in [5.41, 5.74) is 0.887. The molecule has 2 aromatic heterocycles. The molecule has 1 N–H and O–H groups in total. The third-order valence-electron chi connectivity index (χ3n) is 2.94. The van der Waals surface area contributed by atoms with Crippen LogP contribution in [0.5, 0.6) is 0 Å². The van der Waals surface area contributed by atoms with Gasteiger partial charge in [0.25, 0.3) is 0 Å². The van der Waals surface area contributed by atoms with Gasteiger partial charge in [0, 0.05) is 18.1 Å². The highest BCUT2D eigenvalue weighted by atomic mass is 19.1. The van der Waals surface area contributed by atoms with Crippen molar-refractivity contribution < 1.29 is 8.81 Å². The maximum absolute atomic E-state index is 13.6. The predicted octanol–water partition coefficient (Wildman–Crippen LogP) is 3.85. The Labute approximate surface area is 115 Å². The molecule has 1 aromatic carbocycles. The molecule has 0 radical (unpaired) electrons. The van der Waals surface area contributed by atoms with Gasteiger partial charge < -0.3 is 9.73 Å². The van der Waals surface area contributed by atoms with Gasteiger partial charge in [-0.05, 0) is 24.6 Å². The molecule has 5 heteroatoms. The Morgan fingerprint density at radius 2 is 2.20 bits per heavy atom. The molecule has 2 heterocycles. The Morgan fingerprint density at radius 3 is 3.00 bits per heavy atom. The van der Waals surface area contributed by atoms with E-state index in [-0.39, 0.29) is 11.4 Å². The van der Waals surface area contributed by atoms with Crippen LogP contribution in [-0.4, -0.2) is 16.5 Å². The second kappa shape index (κ2) is 5.28. The molecule has 102 valence electrons. The number of nitrogens with one attached hydrogen (secondary N) is 1. The van der Waals surface area contributed by atoms with Gasteiger partial charge >= 0.3 is 0 Å². The fourth-order valence-corrected chi connectivity index (χ4v) is 1.97. The zero-order valence-electron chi connectivity index (χ0n) is 11.1. The van der Waals surface area contributed by atoms with Crippen molar-refractivity contribution in [2.24, 2.45) is 0 Å². The second-order valence-electron chi connectivity index (χ2n) is 4.46. The standard InChI is InChI=1S/C15H14FN3O/c1-2-7-17-15-18-8-6-12(19-15)13-9-10-4-3-5-11(16)14(10)20-13/h3-6,8-9H,2,7H2,1H3,(H,17,18,19). The highest BCUT2D eigenvalue weighted by molar-refractivity contribution is 5.82. The van der Waals surface area contributed by atoms with Crippen LogP contribution >= 0.6 is 0 Å². The van der Waals surface area contributed by atoms with Crippen molar-refractivity contribution in [3.63, 3.8) is 0 Å². The highest BCUT2D eigenvalue weighted by Crippen LogP contribution is 2.28. The molecule has 0 aliphatic rings. The minimum Gasteiger partial charge on any atom is -0.451 e. The van der Waals surface area contributed by atoms with E-state index in [1.807, 2.05) is 6.07 Å². The molecule has 20 heavy (non-hydrogen) atoms. The molecule has 0 spiro atoms. The number of para-hydroxylation sites is 1. The number of fused-ring (bicyclic) bond motifs is 1. The van der Waals surface area contributed by atoms with Crippen molar-refractivity contribution >= 4 is 16.9 Å². The number of hydrogen-bond acceptors (Lipinski definition) is 4. The number of anilines is 1. The molecule has 0 aliphatic heterocycles. The quantitative estimate of drug-likeness (QED) is 0.783. The van der Waals surface area contributed by atoms with Gasteiger partial charge in [0.2, 0.25) is 5.95 Å². The van der Waals surface area contributed by atoms with Crippen molar-refractivity contribution in [2.45, 2.75) is 13.3 Å². The van der Waals surface area contributed by atoms with Crippen LogP contribution in [0.15, 0.2) is 40.9 Å². The Bertz CT molecular complexity index is 739. The molecular formula is C15H14FN3O. The van der Waals surface area contributed by atoms with E-state index in [4.69, 9.17) is 4.42 Å². The van der Waals surface area contributed by atoms with E-state index in [1.54, 1.807) is 24.4 Å². The van der Waals surface area contributed by atoms with Crippen LogP contribution in [0.25, 0.3) is 22.4 Å². The maximum Gasteiger partial charge on any atom is 0.223 e. The molecule has 4 nitrogen and oxygen atoms in total. The summed E-state index contributed by atoms with van der Waals surface area (Å²) < 4.78 is 19.2. The summed E-state index contributed by atoms with van der Waals surface area (Å²) in [6.45, 7) is 2.87. The van der Waals surface area contributed by atoms with E-state index < -0.39 is 0 Å². The molecular weight excluding hydrogens is 257 g/mol. The lowest BCUT2D eigenvalue weighted by atomic mass is 10.2. The Morgan fingerprint density at radius 1 is 1.30 bits per heavy atom. The number of nitrogens with zero attached hydrogens (tertiary/aromatic N) is 2. The molecule has 0 bridgehead atoms. The summed E-state index contributed by atoms with van der Waals surface area (Å²) in [4.78, 5) is 8.50. The van der Waals surface area contributed by atoms with E-state index in [2.05, 4.69) is 22.2 Å². The molecule has 3 rings (SSSR count). The van der Waals surface area contributed by atoms with Crippen LogP contribution in [-0.2, 0) is 0 Å². The fraction of sp³-hybridized carbons (Fsp3) is 0.200. The Hall–Kier alpha value is -2.43. The monoisotopic (exact) mass is 271 g/mol. The van der Waals surface area contributed by atoms with Crippen LogP contribution in [0.4, 0.5) is 10.3 Å². The fourth-order valence-electron chi connectivity index (χ4n) is 1.97. The number of hydrogen-bond donors (Lipinski definition) is 1. The lowest BCUT2D eigenvalue weighted by Crippen LogP contribution is -2.04. The minimum atomic E-state index is -0.368. The first-order valence-electron chi connectivity index (χ1n) is 6.53. The number of rotatable bonds is 4. The van der Waals surface area contributed by atoms with E-state index in [9.17, 15) is 4.39 Å². The van der Waals surface area contributed by atoms with Crippen LogP contribution in [0, 0.1) is 5.82 Å². The minimum absolute atomic E-state index is 0.254. The normalized spacial score (nSPS) is 10.9. The van der Waals surface area contributed by atoms with Crippen LogP contribution in [0.2, 0.25) is 0 Å². The number of aromatic nitrogens is 2.